The predicted molar refractivity (Wildman–Crippen MR) is 188 cm³/mol. The summed E-state index contributed by atoms with van der Waals surface area (Å²) >= 11 is 0. The zero-order chi connectivity index (χ0) is 35.3. The van der Waals surface area contributed by atoms with Crippen LogP contribution in [0.3, 0.4) is 0 Å². The Bertz CT molecular complexity index is 1820. The summed E-state index contributed by atoms with van der Waals surface area (Å²) in [7, 11) is -4.41. The molecule has 0 bridgehead atoms. The van der Waals surface area contributed by atoms with Gasteiger partial charge in [0.25, 0.3) is 0 Å². The minimum absolute atomic E-state index is 0.244. The molecular weight excluding hydrogens is 661 g/mol. The Labute approximate surface area is 292 Å². The van der Waals surface area contributed by atoms with Crippen molar-refractivity contribution < 1.29 is 38.1 Å². The molecule has 14 heteroatoms. The molecule has 1 saturated heterocycles. The first-order chi connectivity index (χ1) is 24.2. The molecule has 270 valence electrons. The number of aliphatic hydroxyl groups excluding tert-OH is 1. The van der Waals surface area contributed by atoms with Crippen LogP contribution in [-0.4, -0.2) is 67.3 Å². The van der Waals surface area contributed by atoms with Gasteiger partial charge >= 0.3 is 13.7 Å². The molecule has 13 nitrogen and oxygen atoms in total. The summed E-state index contributed by atoms with van der Waals surface area (Å²) in [6.45, 7) is 3.98. The number of nitrogens with one attached hydrogen (secondary N) is 1. The molecule has 1 aliphatic heterocycles. The molecule has 2 aliphatic rings. The SMILES string of the molecule is CCCCCCCCCCCCOC(=O)[C@H](C)NP(=O)(Oc1cccc2ccccc12)OC1[C@H]2O[C@@H](c3ccc4c(N)ncnn34)[C@H](O)[C@@]12O. The fourth-order valence-corrected chi connectivity index (χ4v) is 8.43. The van der Waals surface area contributed by atoms with Crippen LogP contribution in [0.5, 0.6) is 5.75 Å². The van der Waals surface area contributed by atoms with Gasteiger partial charge in [0.05, 0.1) is 12.3 Å². The fourth-order valence-electron chi connectivity index (χ4n) is 6.69. The molecule has 1 aliphatic carbocycles. The second-order valence-corrected chi connectivity index (χ2v) is 14.9. The molecule has 3 heterocycles. The Morgan fingerprint density at radius 3 is 2.46 bits per heavy atom. The number of carbonyl (C=O) groups is 1. The average Bonchev–Trinajstić information content (AvgIpc) is 3.34. The number of nitrogens with two attached hydrogens (primary N) is 1. The molecule has 7 atom stereocenters. The fraction of sp³-hybridized carbons (Fsp3) is 0.528. The number of carbonyl (C=O) groups excluding carboxylic acids is 1. The van der Waals surface area contributed by atoms with E-state index in [1.54, 1.807) is 24.3 Å². The Balaban J connectivity index is 1.09. The minimum atomic E-state index is -4.41. The zero-order valence-electron chi connectivity index (χ0n) is 28.6. The number of nitrogens with zero attached hydrogens (tertiary/aromatic N) is 3. The van der Waals surface area contributed by atoms with Crippen molar-refractivity contribution in [3.05, 3.63) is 66.6 Å². The van der Waals surface area contributed by atoms with Crippen molar-refractivity contribution in [2.45, 2.75) is 114 Å². The molecule has 2 aromatic heterocycles. The molecule has 0 spiro atoms. The van der Waals surface area contributed by atoms with Crippen molar-refractivity contribution in [3.63, 3.8) is 0 Å². The molecule has 4 aromatic rings. The van der Waals surface area contributed by atoms with E-state index in [0.29, 0.717) is 16.6 Å². The number of unbranched alkanes of at least 4 members (excludes halogenated alkanes) is 9. The van der Waals surface area contributed by atoms with E-state index in [-0.39, 0.29) is 18.2 Å². The van der Waals surface area contributed by atoms with Crippen LogP contribution in [0.2, 0.25) is 0 Å². The van der Waals surface area contributed by atoms with Crippen LogP contribution in [0.15, 0.2) is 60.9 Å². The maximum atomic E-state index is 14.5. The van der Waals surface area contributed by atoms with E-state index in [9.17, 15) is 19.6 Å². The van der Waals surface area contributed by atoms with Gasteiger partial charge in [-0.1, -0.05) is 101 Å². The van der Waals surface area contributed by atoms with Crippen LogP contribution in [-0.2, 0) is 23.4 Å². The minimum Gasteiger partial charge on any atom is -0.465 e. The van der Waals surface area contributed by atoms with E-state index in [1.807, 2.05) is 30.3 Å². The summed E-state index contributed by atoms with van der Waals surface area (Å²) in [5.41, 5.74) is 5.02. The Hall–Kier alpha value is -3.58. The average molecular weight is 710 g/mol. The molecule has 1 saturated carbocycles. The highest BCUT2D eigenvalue weighted by atomic mass is 31.2. The van der Waals surface area contributed by atoms with Crippen LogP contribution in [0.4, 0.5) is 5.82 Å². The monoisotopic (exact) mass is 709 g/mol. The third kappa shape index (κ3) is 7.68. The van der Waals surface area contributed by atoms with Crippen LogP contribution >= 0.6 is 7.75 Å². The highest BCUT2D eigenvalue weighted by molar-refractivity contribution is 7.52. The number of benzene rings is 2. The van der Waals surface area contributed by atoms with E-state index in [4.69, 9.17) is 24.3 Å². The number of fused-ring (bicyclic) bond motifs is 3. The van der Waals surface area contributed by atoms with Gasteiger partial charge < -0.3 is 29.9 Å². The van der Waals surface area contributed by atoms with E-state index in [1.165, 1.54) is 62.7 Å². The Morgan fingerprint density at radius 1 is 1.04 bits per heavy atom. The van der Waals surface area contributed by atoms with Gasteiger partial charge in [0, 0.05) is 5.39 Å². The lowest BCUT2D eigenvalue weighted by Crippen LogP contribution is -2.38. The summed E-state index contributed by atoms with van der Waals surface area (Å²) in [6.07, 6.45) is 8.14. The number of ether oxygens (including phenoxy) is 2. The number of hydrogen-bond donors (Lipinski definition) is 4. The molecule has 2 unspecified atom stereocenters. The molecule has 0 amide bonds. The van der Waals surface area contributed by atoms with E-state index in [0.717, 1.165) is 24.6 Å². The third-order valence-corrected chi connectivity index (χ3v) is 11.2. The zero-order valence-corrected chi connectivity index (χ0v) is 29.5. The first-order valence-electron chi connectivity index (χ1n) is 17.7. The van der Waals surface area contributed by atoms with Gasteiger partial charge in [-0.25, -0.2) is 14.1 Å². The quantitative estimate of drug-likeness (QED) is 0.0506. The lowest BCUT2D eigenvalue weighted by Gasteiger charge is -2.26. The molecule has 0 radical (unpaired) electrons. The molecule has 2 fully saturated rings. The highest BCUT2D eigenvalue weighted by Gasteiger charge is 2.79. The number of aromatic nitrogens is 3. The van der Waals surface area contributed by atoms with Crippen LogP contribution in [0.1, 0.15) is 89.9 Å². The summed E-state index contributed by atoms with van der Waals surface area (Å²) < 4.78 is 39.6. The summed E-state index contributed by atoms with van der Waals surface area (Å²) in [6, 6.07) is 15.0. The molecular formula is C36H48N5O8P. The van der Waals surface area contributed by atoms with Gasteiger partial charge in [-0.05, 0) is 36.9 Å². The lowest BCUT2D eigenvalue weighted by atomic mass is 10.1. The number of rotatable bonds is 19. The van der Waals surface area contributed by atoms with Crippen molar-refractivity contribution in [1.82, 2.24) is 19.7 Å². The number of anilines is 1. The van der Waals surface area contributed by atoms with Gasteiger partial charge in [-0.15, -0.1) is 0 Å². The number of nitrogen functional groups attached to an aromatic ring is 1. The molecule has 6 rings (SSSR count). The van der Waals surface area contributed by atoms with Gasteiger partial charge in [-0.2, -0.15) is 10.2 Å². The van der Waals surface area contributed by atoms with Crippen molar-refractivity contribution in [3.8, 4) is 5.75 Å². The summed E-state index contributed by atoms with van der Waals surface area (Å²) in [4.78, 5) is 17.0. The Morgan fingerprint density at radius 2 is 1.74 bits per heavy atom. The second-order valence-electron chi connectivity index (χ2n) is 13.3. The number of esters is 1. The van der Waals surface area contributed by atoms with Crippen molar-refractivity contribution in [1.29, 1.82) is 0 Å². The van der Waals surface area contributed by atoms with E-state index < -0.39 is 49.8 Å². The highest BCUT2D eigenvalue weighted by Crippen LogP contribution is 2.62. The molecule has 50 heavy (non-hydrogen) atoms. The van der Waals surface area contributed by atoms with Crippen LogP contribution in [0.25, 0.3) is 16.3 Å². The van der Waals surface area contributed by atoms with Crippen LogP contribution in [0, 0.1) is 0 Å². The van der Waals surface area contributed by atoms with Crippen molar-refractivity contribution in [2.75, 3.05) is 12.3 Å². The molecule has 2 aromatic carbocycles. The third-order valence-electron chi connectivity index (χ3n) is 9.60. The predicted octanol–water partition coefficient (Wildman–Crippen LogP) is 6.02. The van der Waals surface area contributed by atoms with Crippen molar-refractivity contribution >= 4 is 35.8 Å². The van der Waals surface area contributed by atoms with Crippen molar-refractivity contribution in [2.24, 2.45) is 0 Å². The topological polar surface area (TPSA) is 180 Å². The maximum Gasteiger partial charge on any atom is 0.459 e. The Kier molecular flexibility index (Phi) is 11.4. The van der Waals surface area contributed by atoms with Gasteiger partial charge in [0.15, 0.2) is 11.4 Å². The van der Waals surface area contributed by atoms with Crippen LogP contribution < -0.4 is 15.3 Å². The number of aliphatic hydroxyl groups is 2. The first-order valence-corrected chi connectivity index (χ1v) is 19.2. The first kappa shape index (κ1) is 36.2. The standard InChI is InChI=1S/C36H48N5O8P/c1-3-4-5-6-7-8-9-10-11-14-22-46-35(43)24(2)40-50(45,48-29-19-15-17-25-16-12-13-18-26(25)29)49-33-32-36(33,44)31(42)30(47-32)27-20-21-28-34(37)38-23-39-41(27)28/h12-13,15-21,23-24,30-33,42,44H,3-11,14,22H2,1-2H3,(H,40,45)(H2,37,38,39)/t24-,30-,31-,32+,33?,36-,50?/m0/s1. The number of hydrogen-bond acceptors (Lipinski definition) is 11. The van der Waals surface area contributed by atoms with Gasteiger partial charge in [0.2, 0.25) is 0 Å². The van der Waals surface area contributed by atoms with E-state index in [2.05, 4.69) is 22.1 Å². The maximum absolute atomic E-state index is 14.5. The van der Waals surface area contributed by atoms with E-state index >= 15 is 0 Å². The largest absolute Gasteiger partial charge is 0.465 e. The van der Waals surface area contributed by atoms with Gasteiger partial charge in [-0.3, -0.25) is 9.32 Å². The summed E-state index contributed by atoms with van der Waals surface area (Å²) in [5.74, 6) is -0.116. The summed E-state index contributed by atoms with van der Waals surface area (Å²) in [5, 5.41) is 31.3. The van der Waals surface area contributed by atoms with Gasteiger partial charge in [0.1, 0.15) is 48.1 Å². The molecule has 5 N–H and O–H groups in total. The lowest BCUT2D eigenvalue weighted by molar-refractivity contribution is -0.145. The normalized spacial score (nSPS) is 24.6. The second kappa shape index (κ2) is 15.8. The smallest absolute Gasteiger partial charge is 0.459 e.